The molecule has 1 N–H and O–H groups in total. The van der Waals surface area contributed by atoms with Crippen molar-refractivity contribution in [2.75, 3.05) is 13.2 Å². The molecule has 10 heteroatoms. The molecule has 0 aliphatic carbocycles. The van der Waals surface area contributed by atoms with Gasteiger partial charge in [0.2, 0.25) is 5.76 Å². The molecular weight excluding hydrogens is 415 g/mol. The lowest BCUT2D eigenvalue weighted by Crippen LogP contribution is -2.24. The molecular formula is C21H24F3N3O4. The second-order valence-corrected chi connectivity index (χ2v) is 6.25. The third-order valence-electron chi connectivity index (χ3n) is 3.93. The summed E-state index contributed by atoms with van der Waals surface area (Å²) in [6, 6.07) is 6.45. The van der Waals surface area contributed by atoms with Crippen molar-refractivity contribution in [1.82, 2.24) is 15.3 Å². The maximum absolute atomic E-state index is 12.8. The van der Waals surface area contributed by atoms with Crippen LogP contribution in [0.25, 0.3) is 0 Å². The number of ether oxygens (including phenoxy) is 2. The SMILES string of the molecule is C=CCONC(=O)c1cn(Cc2ccc(O/C=C(\OCC)C(F)(F)F)cc2)nc1CC. The van der Waals surface area contributed by atoms with Gasteiger partial charge in [0.25, 0.3) is 5.91 Å². The summed E-state index contributed by atoms with van der Waals surface area (Å²) in [6.07, 6.45) is -0.422. The number of carbonyl (C=O) groups is 1. The lowest BCUT2D eigenvalue weighted by Gasteiger charge is -2.12. The first-order valence-electron chi connectivity index (χ1n) is 9.53. The molecule has 1 heterocycles. The van der Waals surface area contributed by atoms with E-state index < -0.39 is 17.8 Å². The number of nitrogens with zero attached hydrogens (tertiary/aromatic N) is 2. The molecule has 0 bridgehead atoms. The zero-order valence-electron chi connectivity index (χ0n) is 17.2. The van der Waals surface area contributed by atoms with Crippen LogP contribution in [-0.2, 0) is 22.5 Å². The first-order valence-corrected chi connectivity index (χ1v) is 9.53. The molecule has 0 aliphatic heterocycles. The van der Waals surface area contributed by atoms with Crippen LogP contribution >= 0.6 is 0 Å². The molecule has 0 saturated heterocycles. The van der Waals surface area contributed by atoms with Crippen LogP contribution in [0.5, 0.6) is 5.75 Å². The van der Waals surface area contributed by atoms with Crippen LogP contribution in [0.1, 0.15) is 35.5 Å². The number of carbonyl (C=O) groups excluding carboxylic acids is 1. The zero-order chi connectivity index (χ0) is 22.9. The van der Waals surface area contributed by atoms with Crippen molar-refractivity contribution < 1.29 is 32.3 Å². The van der Waals surface area contributed by atoms with Gasteiger partial charge in [-0.15, -0.1) is 6.58 Å². The van der Waals surface area contributed by atoms with Crippen LogP contribution in [0, 0.1) is 0 Å². The van der Waals surface area contributed by atoms with Gasteiger partial charge in [-0.25, -0.2) is 5.48 Å². The van der Waals surface area contributed by atoms with E-state index in [1.54, 1.807) is 23.0 Å². The number of rotatable bonds is 11. The molecule has 2 rings (SSSR count). The summed E-state index contributed by atoms with van der Waals surface area (Å²) in [5, 5.41) is 4.40. The fourth-order valence-electron chi connectivity index (χ4n) is 2.53. The van der Waals surface area contributed by atoms with Gasteiger partial charge >= 0.3 is 6.18 Å². The van der Waals surface area contributed by atoms with E-state index in [4.69, 9.17) is 9.57 Å². The molecule has 2 aromatic rings. The van der Waals surface area contributed by atoms with Crippen molar-refractivity contribution in [3.8, 4) is 5.75 Å². The fourth-order valence-corrected chi connectivity index (χ4v) is 2.53. The van der Waals surface area contributed by atoms with Gasteiger partial charge in [0.15, 0.2) is 0 Å². The smallest absolute Gasteiger partial charge is 0.452 e. The summed E-state index contributed by atoms with van der Waals surface area (Å²) in [7, 11) is 0. The molecule has 0 unspecified atom stereocenters. The molecule has 31 heavy (non-hydrogen) atoms. The van der Waals surface area contributed by atoms with Crippen LogP contribution in [0.2, 0.25) is 0 Å². The molecule has 168 valence electrons. The quantitative estimate of drug-likeness (QED) is 0.246. The average Bonchev–Trinajstić information content (AvgIpc) is 3.14. The Morgan fingerprint density at radius 3 is 2.55 bits per heavy atom. The van der Waals surface area contributed by atoms with Crippen molar-refractivity contribution in [2.24, 2.45) is 0 Å². The standard InChI is InChI=1S/C21H24F3N3O4/c1-4-11-31-26-20(28)17-13-27(25-18(17)5-2)12-15-7-9-16(10-8-15)30-14-19(29-6-3)21(22,23)24/h4,7-10,13-14H,1,5-6,11-12H2,2-3H3,(H,26,28)/b19-14-. The number of benzene rings is 1. The predicted molar refractivity (Wildman–Crippen MR) is 107 cm³/mol. The molecule has 0 aliphatic rings. The Balaban J connectivity index is 2.06. The monoisotopic (exact) mass is 439 g/mol. The second kappa shape index (κ2) is 11.2. The first kappa shape index (κ1) is 24.0. The minimum Gasteiger partial charge on any atom is -0.487 e. The highest BCUT2D eigenvalue weighted by Gasteiger charge is 2.36. The Morgan fingerprint density at radius 1 is 1.26 bits per heavy atom. The topological polar surface area (TPSA) is 74.6 Å². The summed E-state index contributed by atoms with van der Waals surface area (Å²) < 4.78 is 49.6. The van der Waals surface area contributed by atoms with Crippen molar-refractivity contribution in [1.29, 1.82) is 0 Å². The molecule has 0 spiro atoms. The van der Waals surface area contributed by atoms with Crippen molar-refractivity contribution in [3.05, 3.63) is 72.0 Å². The number of hydroxylamine groups is 1. The van der Waals surface area contributed by atoms with Crippen molar-refractivity contribution in [3.63, 3.8) is 0 Å². The minimum atomic E-state index is -4.63. The van der Waals surface area contributed by atoms with Crippen LogP contribution in [0.4, 0.5) is 13.2 Å². The molecule has 1 aromatic carbocycles. The number of amides is 1. The molecule has 1 amide bonds. The number of aryl methyl sites for hydroxylation is 1. The highest BCUT2D eigenvalue weighted by Crippen LogP contribution is 2.27. The fraction of sp³-hybridized carbons (Fsp3) is 0.333. The third kappa shape index (κ3) is 7.18. The van der Waals surface area contributed by atoms with Crippen LogP contribution < -0.4 is 10.2 Å². The Bertz CT molecular complexity index is 906. The number of aromatic nitrogens is 2. The van der Waals surface area contributed by atoms with Crippen molar-refractivity contribution >= 4 is 5.91 Å². The van der Waals surface area contributed by atoms with E-state index in [-0.39, 0.29) is 19.0 Å². The molecule has 0 fully saturated rings. The van der Waals surface area contributed by atoms with E-state index in [0.717, 1.165) is 5.56 Å². The Labute approximate surface area is 178 Å². The Kier molecular flexibility index (Phi) is 8.68. The van der Waals surface area contributed by atoms with Gasteiger partial charge in [-0.05, 0) is 31.0 Å². The van der Waals surface area contributed by atoms with Crippen molar-refractivity contribution in [2.45, 2.75) is 33.0 Å². The summed E-state index contributed by atoms with van der Waals surface area (Å²) >= 11 is 0. The number of hydrogen-bond acceptors (Lipinski definition) is 5. The molecule has 0 atom stereocenters. The van der Waals surface area contributed by atoms with Gasteiger partial charge in [0.05, 0.1) is 31.0 Å². The Morgan fingerprint density at radius 2 is 1.97 bits per heavy atom. The van der Waals surface area contributed by atoms with Gasteiger partial charge in [0.1, 0.15) is 12.0 Å². The summed E-state index contributed by atoms with van der Waals surface area (Å²) in [4.78, 5) is 17.2. The number of hydrogen-bond donors (Lipinski definition) is 1. The largest absolute Gasteiger partial charge is 0.487 e. The second-order valence-electron chi connectivity index (χ2n) is 6.25. The highest BCUT2D eigenvalue weighted by molar-refractivity contribution is 5.94. The molecule has 0 radical (unpaired) electrons. The summed E-state index contributed by atoms with van der Waals surface area (Å²) in [5.41, 5.74) is 4.15. The minimum absolute atomic E-state index is 0.127. The van der Waals surface area contributed by atoms with E-state index in [9.17, 15) is 18.0 Å². The summed E-state index contributed by atoms with van der Waals surface area (Å²) in [5.74, 6) is -1.39. The molecule has 0 saturated carbocycles. The predicted octanol–water partition coefficient (Wildman–Crippen LogP) is 4.16. The van der Waals surface area contributed by atoms with Gasteiger partial charge in [0, 0.05) is 6.20 Å². The van der Waals surface area contributed by atoms with E-state index in [1.165, 1.54) is 25.1 Å². The van der Waals surface area contributed by atoms with E-state index in [2.05, 4.69) is 21.9 Å². The third-order valence-corrected chi connectivity index (χ3v) is 3.93. The van der Waals surface area contributed by atoms with E-state index in [0.29, 0.717) is 30.5 Å². The number of allylic oxidation sites excluding steroid dienone is 1. The maximum Gasteiger partial charge on any atom is 0.452 e. The van der Waals surface area contributed by atoms with E-state index >= 15 is 0 Å². The maximum atomic E-state index is 12.8. The lowest BCUT2D eigenvalue weighted by molar-refractivity contribution is -0.132. The van der Waals surface area contributed by atoms with Crippen LogP contribution in [0.15, 0.2) is 55.1 Å². The zero-order valence-corrected chi connectivity index (χ0v) is 17.2. The Hall–Kier alpha value is -3.27. The molecule has 7 nitrogen and oxygen atoms in total. The van der Waals surface area contributed by atoms with Gasteiger partial charge < -0.3 is 9.47 Å². The average molecular weight is 439 g/mol. The normalized spacial score (nSPS) is 11.8. The number of alkyl halides is 3. The number of halogens is 3. The highest BCUT2D eigenvalue weighted by atomic mass is 19.4. The van der Waals surface area contributed by atoms with Gasteiger partial charge in [-0.1, -0.05) is 25.1 Å². The van der Waals surface area contributed by atoms with Crippen LogP contribution in [0.3, 0.4) is 0 Å². The lowest BCUT2D eigenvalue weighted by atomic mass is 10.2. The molecule has 1 aromatic heterocycles. The first-order chi connectivity index (χ1) is 14.8. The van der Waals surface area contributed by atoms with E-state index in [1.807, 2.05) is 6.92 Å². The van der Waals surface area contributed by atoms with Crippen LogP contribution in [-0.4, -0.2) is 35.1 Å². The van der Waals surface area contributed by atoms with Gasteiger partial charge in [-0.2, -0.15) is 18.3 Å². The summed E-state index contributed by atoms with van der Waals surface area (Å²) in [6.45, 7) is 7.25. The number of nitrogens with one attached hydrogen (secondary N) is 1. The van der Waals surface area contributed by atoms with Gasteiger partial charge in [-0.3, -0.25) is 14.3 Å².